The Kier molecular flexibility index (Phi) is 5.46. The molecule has 0 amide bonds. The van der Waals surface area contributed by atoms with Gasteiger partial charge in [-0.05, 0) is 60.7 Å². The van der Waals surface area contributed by atoms with Crippen LogP contribution in [0.5, 0.6) is 11.5 Å². The first-order valence-electron chi connectivity index (χ1n) is 11.4. The zero-order chi connectivity index (χ0) is 23.0. The fraction of sp³-hybridized carbons (Fsp3) is 0.0323. The Morgan fingerprint density at radius 1 is 0.500 bits per heavy atom. The molecule has 1 heterocycles. The standard InChI is InChI=1S/C31H23ClOP/c32-23-20-21-30-28(22-23)31(27-18-10-11-19-29(27)33-30)34(24-12-4-1-5-13-24,25-14-6-2-7-15-25)26-16-8-3-9-17-26/h1-22,31H/q+1. The highest BCUT2D eigenvalue weighted by Crippen LogP contribution is 2.72. The number of hydrogen-bond donors (Lipinski definition) is 0. The highest BCUT2D eigenvalue weighted by molar-refractivity contribution is 7.96. The molecule has 0 saturated carbocycles. The van der Waals surface area contributed by atoms with E-state index in [9.17, 15) is 0 Å². The quantitative estimate of drug-likeness (QED) is 0.243. The van der Waals surface area contributed by atoms with Gasteiger partial charge in [0.25, 0.3) is 0 Å². The predicted octanol–water partition coefficient (Wildman–Crippen LogP) is 7.53. The van der Waals surface area contributed by atoms with Crippen LogP contribution in [-0.2, 0) is 0 Å². The van der Waals surface area contributed by atoms with Crippen LogP contribution in [0.25, 0.3) is 0 Å². The lowest BCUT2D eigenvalue weighted by Gasteiger charge is -2.38. The van der Waals surface area contributed by atoms with Gasteiger partial charge in [-0.1, -0.05) is 84.4 Å². The van der Waals surface area contributed by atoms with Crippen LogP contribution in [0.2, 0.25) is 5.02 Å². The Morgan fingerprint density at radius 3 is 1.53 bits per heavy atom. The van der Waals surface area contributed by atoms with Gasteiger partial charge in [0, 0.05) is 16.1 Å². The fourth-order valence-electron chi connectivity index (χ4n) is 5.21. The van der Waals surface area contributed by atoms with Gasteiger partial charge in [-0.15, -0.1) is 0 Å². The Bertz CT molecular complexity index is 1340. The largest absolute Gasteiger partial charge is 0.456 e. The van der Waals surface area contributed by atoms with E-state index in [2.05, 4.69) is 115 Å². The third kappa shape index (κ3) is 3.36. The van der Waals surface area contributed by atoms with Crippen LogP contribution in [0.15, 0.2) is 133 Å². The first-order valence-corrected chi connectivity index (χ1v) is 13.6. The monoisotopic (exact) mass is 477 g/mol. The third-order valence-corrected chi connectivity index (χ3v) is 11.5. The van der Waals surface area contributed by atoms with Crippen LogP contribution < -0.4 is 20.7 Å². The van der Waals surface area contributed by atoms with Gasteiger partial charge in [0.15, 0.2) is 0 Å². The van der Waals surface area contributed by atoms with E-state index in [0.717, 1.165) is 22.1 Å². The second-order valence-electron chi connectivity index (χ2n) is 8.45. The van der Waals surface area contributed by atoms with Crippen molar-refractivity contribution in [2.75, 3.05) is 0 Å². The molecule has 0 fully saturated rings. The van der Waals surface area contributed by atoms with Crippen molar-refractivity contribution in [1.82, 2.24) is 0 Å². The third-order valence-electron chi connectivity index (χ3n) is 6.58. The van der Waals surface area contributed by atoms with Crippen molar-refractivity contribution >= 4 is 34.8 Å². The number of hydrogen-bond acceptors (Lipinski definition) is 1. The minimum Gasteiger partial charge on any atom is -0.456 e. The minimum atomic E-state index is -2.25. The first kappa shape index (κ1) is 21.2. The van der Waals surface area contributed by atoms with E-state index in [1.807, 2.05) is 18.2 Å². The van der Waals surface area contributed by atoms with E-state index >= 15 is 0 Å². The van der Waals surface area contributed by atoms with Gasteiger partial charge < -0.3 is 4.74 Å². The Balaban J connectivity index is 1.80. The lowest BCUT2D eigenvalue weighted by atomic mass is 10.00. The van der Waals surface area contributed by atoms with E-state index in [1.54, 1.807) is 0 Å². The first-order chi connectivity index (χ1) is 16.8. The van der Waals surface area contributed by atoms with Crippen LogP contribution >= 0.6 is 18.9 Å². The van der Waals surface area contributed by atoms with Crippen LogP contribution in [0, 0.1) is 0 Å². The van der Waals surface area contributed by atoms with Gasteiger partial charge in [0.05, 0.1) is 0 Å². The van der Waals surface area contributed by atoms with E-state index < -0.39 is 7.26 Å². The van der Waals surface area contributed by atoms with Crippen LogP contribution in [0.4, 0.5) is 0 Å². The summed E-state index contributed by atoms with van der Waals surface area (Å²) in [6.07, 6.45) is 0. The van der Waals surface area contributed by atoms with Crippen molar-refractivity contribution in [1.29, 1.82) is 0 Å². The van der Waals surface area contributed by atoms with E-state index in [-0.39, 0.29) is 5.66 Å². The average Bonchev–Trinajstić information content (AvgIpc) is 2.91. The molecule has 0 N–H and O–H groups in total. The van der Waals surface area contributed by atoms with E-state index in [4.69, 9.17) is 16.3 Å². The van der Waals surface area contributed by atoms with Crippen molar-refractivity contribution in [3.63, 3.8) is 0 Å². The van der Waals surface area contributed by atoms with Crippen molar-refractivity contribution < 1.29 is 4.74 Å². The molecule has 1 aliphatic rings. The average molecular weight is 478 g/mol. The van der Waals surface area contributed by atoms with Crippen molar-refractivity contribution in [2.45, 2.75) is 5.66 Å². The topological polar surface area (TPSA) is 9.23 Å². The summed E-state index contributed by atoms with van der Waals surface area (Å²) < 4.78 is 6.42. The van der Waals surface area contributed by atoms with Crippen LogP contribution in [0.3, 0.4) is 0 Å². The second kappa shape index (κ2) is 8.76. The second-order valence-corrected chi connectivity index (χ2v) is 12.4. The molecule has 6 rings (SSSR count). The number of rotatable bonds is 4. The molecule has 1 aliphatic heterocycles. The lowest BCUT2D eigenvalue weighted by molar-refractivity contribution is 0.458. The van der Waals surface area contributed by atoms with Gasteiger partial charge in [0.1, 0.15) is 40.3 Å². The normalized spacial score (nSPS) is 14.6. The summed E-state index contributed by atoms with van der Waals surface area (Å²) in [5.74, 6) is 1.79. The van der Waals surface area contributed by atoms with Crippen LogP contribution in [0.1, 0.15) is 16.8 Å². The summed E-state index contributed by atoms with van der Waals surface area (Å²) in [7, 11) is -2.25. The van der Waals surface area contributed by atoms with E-state index in [0.29, 0.717) is 0 Å². The molecule has 0 saturated heterocycles. The Morgan fingerprint density at radius 2 is 0.971 bits per heavy atom. The number of halogens is 1. The van der Waals surface area contributed by atoms with Crippen LogP contribution in [-0.4, -0.2) is 0 Å². The molecule has 0 aromatic heterocycles. The molecule has 1 atom stereocenters. The molecular weight excluding hydrogens is 455 g/mol. The predicted molar refractivity (Wildman–Crippen MR) is 145 cm³/mol. The number of ether oxygens (including phenoxy) is 1. The highest BCUT2D eigenvalue weighted by atomic mass is 35.5. The summed E-state index contributed by atoms with van der Waals surface area (Å²) >= 11 is 6.61. The fourth-order valence-corrected chi connectivity index (χ4v) is 10.4. The summed E-state index contributed by atoms with van der Waals surface area (Å²) in [4.78, 5) is 0. The summed E-state index contributed by atoms with van der Waals surface area (Å²) in [5.41, 5.74) is 2.39. The van der Waals surface area contributed by atoms with E-state index in [1.165, 1.54) is 21.5 Å². The zero-order valence-electron chi connectivity index (χ0n) is 18.5. The van der Waals surface area contributed by atoms with Crippen molar-refractivity contribution in [3.05, 3.63) is 150 Å². The number of para-hydroxylation sites is 1. The highest BCUT2D eigenvalue weighted by Gasteiger charge is 2.56. The molecule has 5 aromatic rings. The number of benzene rings is 5. The molecule has 34 heavy (non-hydrogen) atoms. The SMILES string of the molecule is Clc1ccc2c(c1)C([P+](c1ccccc1)(c1ccccc1)c1ccccc1)c1ccccc1O2. The lowest BCUT2D eigenvalue weighted by Crippen LogP contribution is -2.36. The molecule has 0 radical (unpaired) electrons. The van der Waals surface area contributed by atoms with Gasteiger partial charge in [-0.25, -0.2) is 0 Å². The number of fused-ring (bicyclic) bond motifs is 2. The molecule has 1 unspecified atom stereocenters. The zero-order valence-corrected chi connectivity index (χ0v) is 20.2. The minimum absolute atomic E-state index is 0.0540. The molecule has 3 heteroatoms. The maximum atomic E-state index is 6.61. The molecule has 0 bridgehead atoms. The molecular formula is C31H23ClOP+. The smallest absolute Gasteiger partial charge is 0.141 e. The van der Waals surface area contributed by atoms with Crippen molar-refractivity contribution in [2.24, 2.45) is 0 Å². The molecule has 5 aromatic carbocycles. The van der Waals surface area contributed by atoms with Gasteiger partial charge >= 0.3 is 0 Å². The molecule has 0 spiro atoms. The molecule has 0 aliphatic carbocycles. The molecule has 164 valence electrons. The summed E-state index contributed by atoms with van der Waals surface area (Å²) in [6.45, 7) is 0. The van der Waals surface area contributed by atoms with Crippen molar-refractivity contribution in [3.8, 4) is 11.5 Å². The summed E-state index contributed by atoms with van der Waals surface area (Å²) in [6, 6.07) is 47.4. The van der Waals surface area contributed by atoms with Gasteiger partial charge in [-0.2, -0.15) is 0 Å². The summed E-state index contributed by atoms with van der Waals surface area (Å²) in [5, 5.41) is 4.72. The molecule has 1 nitrogen and oxygen atoms in total. The Hall–Kier alpha value is -3.38. The van der Waals surface area contributed by atoms with Gasteiger partial charge in [-0.3, -0.25) is 0 Å². The Labute approximate surface area is 206 Å². The maximum absolute atomic E-state index is 6.61. The van der Waals surface area contributed by atoms with Gasteiger partial charge in [0.2, 0.25) is 0 Å². The maximum Gasteiger partial charge on any atom is 0.141 e.